The van der Waals surface area contributed by atoms with E-state index in [0.29, 0.717) is 0 Å². The number of nitro benzene ring substituents is 1. The van der Waals surface area contributed by atoms with E-state index in [1.165, 1.54) is 6.07 Å². The average Bonchev–Trinajstić information content (AvgIpc) is 2.48. The first-order valence-corrected chi connectivity index (χ1v) is 7.60. The van der Waals surface area contributed by atoms with Gasteiger partial charge in [0.15, 0.2) is 5.16 Å². The van der Waals surface area contributed by atoms with Crippen molar-refractivity contribution in [2.24, 2.45) is 0 Å². The Kier molecular flexibility index (Phi) is 4.71. The molecule has 0 aliphatic rings. The Balaban J connectivity index is 2.97. The van der Waals surface area contributed by atoms with E-state index in [2.05, 4.69) is 9.97 Å². The Morgan fingerprint density at radius 3 is 2.68 bits per heavy atom. The third kappa shape index (κ3) is 2.78. The second-order valence-electron chi connectivity index (χ2n) is 3.92. The van der Waals surface area contributed by atoms with Crippen LogP contribution in [0.15, 0.2) is 22.1 Å². The maximum atomic E-state index is 11.9. The Bertz CT molecular complexity index is 876. The highest BCUT2D eigenvalue weighted by atomic mass is 35.5. The molecule has 0 spiro atoms. The molecule has 2 aromatic rings. The third-order valence-corrected chi connectivity index (χ3v) is 4.09. The molecule has 7 nitrogen and oxygen atoms in total. The minimum Gasteiger partial charge on any atom is -0.300 e. The maximum Gasteiger partial charge on any atom is 0.280 e. The lowest BCUT2D eigenvalue weighted by molar-refractivity contribution is -0.384. The van der Waals surface area contributed by atoms with Gasteiger partial charge in [-0.15, -0.1) is 0 Å². The molecule has 1 heterocycles. The van der Waals surface area contributed by atoms with Gasteiger partial charge in [0.1, 0.15) is 17.3 Å². The van der Waals surface area contributed by atoms with E-state index >= 15 is 0 Å². The number of hydrogen-bond acceptors (Lipinski definition) is 6. The van der Waals surface area contributed by atoms with Gasteiger partial charge in [0, 0.05) is 6.07 Å². The van der Waals surface area contributed by atoms with Crippen LogP contribution in [-0.2, 0) is 0 Å². The summed E-state index contributed by atoms with van der Waals surface area (Å²) in [5, 5.41) is 20.5. The molecule has 22 heavy (non-hydrogen) atoms. The number of aromatic nitrogens is 2. The molecule has 112 valence electrons. The van der Waals surface area contributed by atoms with Gasteiger partial charge in [-0.3, -0.25) is 14.9 Å². The van der Waals surface area contributed by atoms with Crippen LogP contribution < -0.4 is 5.56 Å². The SMILES string of the molecule is CSc1nc(-c2c([N+](=O)[O-])ccc(Cl)c2Cl)c(C#N)c(=O)[nH]1. The third-order valence-electron chi connectivity index (χ3n) is 2.71. The Morgan fingerprint density at radius 2 is 2.14 bits per heavy atom. The normalized spacial score (nSPS) is 10.3. The number of halogens is 2. The molecule has 0 unspecified atom stereocenters. The van der Waals surface area contributed by atoms with Gasteiger partial charge in [-0.2, -0.15) is 5.26 Å². The monoisotopic (exact) mass is 356 g/mol. The first-order chi connectivity index (χ1) is 10.4. The predicted octanol–water partition coefficient (Wildman–Crippen LogP) is 3.25. The molecule has 1 aromatic heterocycles. The zero-order valence-electron chi connectivity index (χ0n) is 10.9. The summed E-state index contributed by atoms with van der Waals surface area (Å²) >= 11 is 13.1. The van der Waals surface area contributed by atoms with Gasteiger partial charge in [-0.05, 0) is 12.3 Å². The molecule has 1 N–H and O–H groups in total. The van der Waals surface area contributed by atoms with E-state index in [-0.39, 0.29) is 32.0 Å². The molecule has 1 aromatic carbocycles. The van der Waals surface area contributed by atoms with Gasteiger partial charge in [0.25, 0.3) is 11.2 Å². The summed E-state index contributed by atoms with van der Waals surface area (Å²) in [5.41, 5.74) is -1.80. The predicted molar refractivity (Wildman–Crippen MR) is 83.5 cm³/mol. The number of benzene rings is 1. The van der Waals surface area contributed by atoms with Crippen molar-refractivity contribution in [3.63, 3.8) is 0 Å². The van der Waals surface area contributed by atoms with Crippen LogP contribution in [-0.4, -0.2) is 21.1 Å². The van der Waals surface area contributed by atoms with Crippen molar-refractivity contribution >= 4 is 40.7 Å². The van der Waals surface area contributed by atoms with Crippen LogP contribution in [0.5, 0.6) is 0 Å². The quantitative estimate of drug-likeness (QED) is 0.390. The number of nitrogens with zero attached hydrogens (tertiary/aromatic N) is 3. The summed E-state index contributed by atoms with van der Waals surface area (Å²) in [5.74, 6) is 0. The first-order valence-electron chi connectivity index (χ1n) is 5.61. The summed E-state index contributed by atoms with van der Waals surface area (Å²) in [6, 6.07) is 4.10. The van der Waals surface area contributed by atoms with Crippen LogP contribution >= 0.6 is 35.0 Å². The zero-order chi connectivity index (χ0) is 16.4. The number of hydrogen-bond donors (Lipinski definition) is 1. The number of nitriles is 1. The molecule has 0 atom stereocenters. The van der Waals surface area contributed by atoms with E-state index in [1.54, 1.807) is 12.3 Å². The molecule has 0 saturated heterocycles. The van der Waals surface area contributed by atoms with E-state index in [9.17, 15) is 14.9 Å². The van der Waals surface area contributed by atoms with Crippen molar-refractivity contribution in [3.05, 3.63) is 48.2 Å². The van der Waals surface area contributed by atoms with Gasteiger partial charge >= 0.3 is 0 Å². The topological polar surface area (TPSA) is 113 Å². The maximum absolute atomic E-state index is 11.9. The van der Waals surface area contributed by atoms with Crippen LogP contribution in [0.1, 0.15) is 5.56 Å². The molecular weight excluding hydrogens is 351 g/mol. The molecule has 0 aliphatic carbocycles. The van der Waals surface area contributed by atoms with Crippen LogP contribution in [0.4, 0.5) is 5.69 Å². The minimum absolute atomic E-state index is 0.0546. The van der Waals surface area contributed by atoms with Crippen molar-refractivity contribution in [2.45, 2.75) is 5.16 Å². The fourth-order valence-electron chi connectivity index (χ4n) is 1.75. The Morgan fingerprint density at radius 1 is 1.45 bits per heavy atom. The number of aromatic amines is 1. The average molecular weight is 357 g/mol. The highest BCUT2D eigenvalue weighted by Crippen LogP contribution is 2.40. The fourth-order valence-corrected chi connectivity index (χ4v) is 2.54. The van der Waals surface area contributed by atoms with E-state index < -0.39 is 16.2 Å². The lowest BCUT2D eigenvalue weighted by Crippen LogP contribution is -2.15. The number of rotatable bonds is 3. The van der Waals surface area contributed by atoms with Crippen LogP contribution in [0.2, 0.25) is 10.0 Å². The Labute approximate surface area is 138 Å². The van der Waals surface area contributed by atoms with E-state index in [1.807, 2.05) is 0 Å². The summed E-state index contributed by atoms with van der Waals surface area (Å²) in [6.07, 6.45) is 1.65. The van der Waals surface area contributed by atoms with Gasteiger partial charge in [-0.25, -0.2) is 4.98 Å². The van der Waals surface area contributed by atoms with Crippen LogP contribution in [0.3, 0.4) is 0 Å². The van der Waals surface area contributed by atoms with Crippen molar-refractivity contribution < 1.29 is 4.92 Å². The summed E-state index contributed by atoms with van der Waals surface area (Å²) in [4.78, 5) is 28.9. The number of nitro groups is 1. The molecule has 0 radical (unpaired) electrons. The molecular formula is C12H6Cl2N4O3S. The standard InChI is InChI=1S/C12H6Cl2N4O3S/c1-22-12-16-10(5(4-15)11(19)17-12)8-7(18(20)21)3-2-6(13)9(8)14/h2-3H,1H3,(H,16,17,19). The molecule has 0 bridgehead atoms. The van der Waals surface area contributed by atoms with Crippen molar-refractivity contribution in [1.82, 2.24) is 9.97 Å². The lowest BCUT2D eigenvalue weighted by Gasteiger charge is -2.08. The largest absolute Gasteiger partial charge is 0.300 e. The Hall–Kier alpha value is -2.08. The fraction of sp³-hybridized carbons (Fsp3) is 0.0833. The molecule has 2 rings (SSSR count). The highest BCUT2D eigenvalue weighted by Gasteiger charge is 2.26. The minimum atomic E-state index is -0.706. The lowest BCUT2D eigenvalue weighted by atomic mass is 10.1. The van der Waals surface area contributed by atoms with Crippen molar-refractivity contribution in [1.29, 1.82) is 5.26 Å². The molecule has 0 amide bonds. The smallest absolute Gasteiger partial charge is 0.280 e. The zero-order valence-corrected chi connectivity index (χ0v) is 13.2. The van der Waals surface area contributed by atoms with Crippen LogP contribution in [0, 0.1) is 21.4 Å². The number of nitrogens with one attached hydrogen (secondary N) is 1. The summed E-state index contributed by atoms with van der Waals surface area (Å²) < 4.78 is 0. The second-order valence-corrected chi connectivity index (χ2v) is 5.50. The van der Waals surface area contributed by atoms with Crippen LogP contribution in [0.25, 0.3) is 11.3 Å². The molecule has 0 aliphatic heterocycles. The van der Waals surface area contributed by atoms with Gasteiger partial charge in [0.2, 0.25) is 0 Å². The van der Waals surface area contributed by atoms with E-state index in [0.717, 1.165) is 17.8 Å². The molecule has 10 heteroatoms. The number of H-pyrrole nitrogens is 1. The number of thioether (sulfide) groups is 1. The molecule has 0 fully saturated rings. The van der Waals surface area contributed by atoms with Crippen molar-refractivity contribution in [3.8, 4) is 17.3 Å². The summed E-state index contributed by atoms with van der Waals surface area (Å²) in [6.45, 7) is 0. The van der Waals surface area contributed by atoms with Gasteiger partial charge in [0.05, 0.1) is 20.5 Å². The highest BCUT2D eigenvalue weighted by molar-refractivity contribution is 7.98. The van der Waals surface area contributed by atoms with Crippen molar-refractivity contribution in [2.75, 3.05) is 6.26 Å². The van der Waals surface area contributed by atoms with Gasteiger partial charge < -0.3 is 4.98 Å². The van der Waals surface area contributed by atoms with Gasteiger partial charge in [-0.1, -0.05) is 35.0 Å². The van der Waals surface area contributed by atoms with E-state index in [4.69, 9.17) is 28.5 Å². The molecule has 0 saturated carbocycles. The second kappa shape index (κ2) is 6.36. The first kappa shape index (κ1) is 16.3. The summed E-state index contributed by atoms with van der Waals surface area (Å²) in [7, 11) is 0.